The molecule has 12 heteroatoms. The lowest BCUT2D eigenvalue weighted by Crippen LogP contribution is -2.39. The zero-order valence-corrected chi connectivity index (χ0v) is 32.9. The summed E-state index contributed by atoms with van der Waals surface area (Å²) in [6, 6.07) is 25.5. The predicted octanol–water partition coefficient (Wildman–Crippen LogP) is 7.15. The molecule has 8 rings (SSSR count). The number of benzene rings is 3. The van der Waals surface area contributed by atoms with Gasteiger partial charge in [-0.25, -0.2) is 4.98 Å². The van der Waals surface area contributed by atoms with Crippen LogP contribution in [0.4, 0.5) is 0 Å². The van der Waals surface area contributed by atoms with Gasteiger partial charge in [-0.3, -0.25) is 24.8 Å². The number of aryl methyl sites for hydroxylation is 1. The largest absolute Gasteiger partial charge is 0.345 e. The van der Waals surface area contributed by atoms with Crippen molar-refractivity contribution in [3.8, 4) is 22.4 Å². The number of aromatic amines is 1. The van der Waals surface area contributed by atoms with E-state index >= 15 is 0 Å². The fraction of sp³-hybridized carbons (Fsp3) is 0.356. The molecule has 0 saturated carbocycles. The van der Waals surface area contributed by atoms with Crippen molar-refractivity contribution in [3.63, 3.8) is 0 Å². The van der Waals surface area contributed by atoms with Crippen LogP contribution in [-0.4, -0.2) is 67.6 Å². The Kier molecular flexibility index (Phi) is 10.5. The second-order valence-electron chi connectivity index (χ2n) is 16.4. The Hall–Kier alpha value is -6.01. The van der Waals surface area contributed by atoms with Crippen LogP contribution in [0.2, 0.25) is 0 Å². The molecule has 6 aromatic rings. The number of aromatic nitrogens is 5. The molecule has 2 aliphatic heterocycles. The SMILES string of the molecule is Cc1cc(-c2[nH]nc3ncc(-c4ccc(CCN5CCC(c6ccc(C7CCC(=O)NC7=O)cc6)CC5)cc4)cc23)ccc1CNC(=O)c1noc(C(C)(C)C)n1. The highest BCUT2D eigenvalue weighted by Crippen LogP contribution is 2.33. The molecule has 0 aliphatic carbocycles. The van der Waals surface area contributed by atoms with E-state index in [9.17, 15) is 14.4 Å². The van der Waals surface area contributed by atoms with Gasteiger partial charge in [-0.05, 0) is 97.1 Å². The Balaban J connectivity index is 0.846. The predicted molar refractivity (Wildman–Crippen MR) is 217 cm³/mol. The minimum Gasteiger partial charge on any atom is -0.345 e. The standard InChI is InChI=1S/C45H48N8O4/c1-27-23-33(13-14-34(27)25-47-43(56)41-49-44(57-52-41)45(2,3)4)39-37-24-35(26-46-40(37)51-50-39)30-7-5-28(6-8-30)17-20-53-21-18-31(19-22-53)29-9-11-32(12-10-29)36-15-16-38(54)48-42(36)55/h5-14,23-24,26,31,36H,15-22,25H2,1-4H3,(H,47,56)(H,46,50,51)(H,48,54,55). The van der Waals surface area contributed by atoms with Crippen molar-refractivity contribution in [2.45, 2.75) is 83.6 Å². The molecule has 0 radical (unpaired) electrons. The average molecular weight is 765 g/mol. The number of rotatable bonds is 10. The number of imide groups is 1. The van der Waals surface area contributed by atoms with Crippen LogP contribution in [0.5, 0.6) is 0 Å². The Morgan fingerprint density at radius 1 is 0.912 bits per heavy atom. The Morgan fingerprint density at radius 2 is 1.65 bits per heavy atom. The number of H-pyrrole nitrogens is 1. The minimum absolute atomic E-state index is 0.0264. The molecule has 57 heavy (non-hydrogen) atoms. The van der Waals surface area contributed by atoms with E-state index in [1.54, 1.807) is 0 Å². The van der Waals surface area contributed by atoms with Crippen LogP contribution in [0.25, 0.3) is 33.4 Å². The molecule has 1 atom stereocenters. The van der Waals surface area contributed by atoms with Gasteiger partial charge in [-0.15, -0.1) is 0 Å². The molecule has 292 valence electrons. The summed E-state index contributed by atoms with van der Waals surface area (Å²) in [6.07, 6.45) is 6.08. The van der Waals surface area contributed by atoms with E-state index in [0.29, 0.717) is 36.8 Å². The lowest BCUT2D eigenvalue weighted by atomic mass is 9.86. The zero-order chi connectivity index (χ0) is 39.7. The number of fused-ring (bicyclic) bond motifs is 1. The lowest BCUT2D eigenvalue weighted by Gasteiger charge is -2.32. The van der Waals surface area contributed by atoms with Crippen LogP contribution >= 0.6 is 0 Å². The van der Waals surface area contributed by atoms with E-state index in [-0.39, 0.29) is 34.9 Å². The van der Waals surface area contributed by atoms with E-state index in [1.165, 1.54) is 11.1 Å². The molecule has 0 bridgehead atoms. The summed E-state index contributed by atoms with van der Waals surface area (Å²) in [5.41, 5.74) is 9.96. The summed E-state index contributed by atoms with van der Waals surface area (Å²) in [4.78, 5) is 48.0. The highest BCUT2D eigenvalue weighted by molar-refractivity contribution is 6.01. The number of piperidine rings is 2. The molecule has 3 aromatic carbocycles. The van der Waals surface area contributed by atoms with Gasteiger partial charge in [0.05, 0.1) is 11.6 Å². The van der Waals surface area contributed by atoms with E-state index in [1.807, 2.05) is 46.0 Å². The molecule has 2 fully saturated rings. The number of likely N-dealkylation sites (tertiary alicyclic amines) is 1. The number of amides is 3. The monoisotopic (exact) mass is 764 g/mol. The summed E-state index contributed by atoms with van der Waals surface area (Å²) >= 11 is 0. The molecule has 3 aromatic heterocycles. The van der Waals surface area contributed by atoms with Crippen LogP contribution in [-0.2, 0) is 28.0 Å². The van der Waals surface area contributed by atoms with Crippen molar-refractivity contribution < 1.29 is 18.9 Å². The number of carbonyl (C=O) groups excluding carboxylic acids is 3. The number of nitrogens with zero attached hydrogens (tertiary/aromatic N) is 5. The van der Waals surface area contributed by atoms with Gasteiger partial charge in [-0.1, -0.05) is 86.6 Å². The molecular formula is C45H48N8O4. The maximum atomic E-state index is 12.7. The summed E-state index contributed by atoms with van der Waals surface area (Å²) in [6.45, 7) is 11.4. The number of nitrogens with one attached hydrogen (secondary N) is 3. The third kappa shape index (κ3) is 8.41. The third-order valence-electron chi connectivity index (χ3n) is 11.4. The van der Waals surface area contributed by atoms with Crippen LogP contribution in [0.15, 0.2) is 83.5 Å². The maximum absolute atomic E-state index is 12.7. The quantitative estimate of drug-likeness (QED) is 0.123. The Labute approximate surface area is 331 Å². The first-order chi connectivity index (χ1) is 27.5. The number of hydrogen-bond acceptors (Lipinski definition) is 9. The van der Waals surface area contributed by atoms with Crippen molar-refractivity contribution in [1.82, 2.24) is 40.9 Å². The van der Waals surface area contributed by atoms with Gasteiger partial charge in [-0.2, -0.15) is 10.1 Å². The van der Waals surface area contributed by atoms with Crippen molar-refractivity contribution >= 4 is 28.8 Å². The smallest absolute Gasteiger partial charge is 0.292 e. The van der Waals surface area contributed by atoms with E-state index in [2.05, 4.69) is 102 Å². The van der Waals surface area contributed by atoms with Crippen LogP contribution < -0.4 is 10.6 Å². The molecule has 5 heterocycles. The molecule has 3 N–H and O–H groups in total. The van der Waals surface area contributed by atoms with Gasteiger partial charge in [0.1, 0.15) is 0 Å². The first kappa shape index (κ1) is 37.9. The van der Waals surface area contributed by atoms with Gasteiger partial charge in [0.15, 0.2) is 5.65 Å². The second-order valence-corrected chi connectivity index (χ2v) is 16.4. The number of carbonyl (C=O) groups is 3. The molecule has 1 unspecified atom stereocenters. The first-order valence-electron chi connectivity index (χ1n) is 19.8. The average Bonchev–Trinajstić information content (AvgIpc) is 3.89. The van der Waals surface area contributed by atoms with Crippen LogP contribution in [0, 0.1) is 6.92 Å². The molecule has 2 saturated heterocycles. The van der Waals surface area contributed by atoms with E-state index in [0.717, 1.165) is 83.4 Å². The van der Waals surface area contributed by atoms with Crippen molar-refractivity contribution in [2.75, 3.05) is 19.6 Å². The summed E-state index contributed by atoms with van der Waals surface area (Å²) in [5, 5.41) is 17.8. The van der Waals surface area contributed by atoms with E-state index in [4.69, 9.17) is 4.52 Å². The molecule has 0 spiro atoms. The topological polar surface area (TPSA) is 159 Å². The molecular weight excluding hydrogens is 717 g/mol. The molecule has 2 aliphatic rings. The summed E-state index contributed by atoms with van der Waals surface area (Å²) in [7, 11) is 0. The van der Waals surface area contributed by atoms with Gasteiger partial charge in [0, 0.05) is 47.6 Å². The van der Waals surface area contributed by atoms with Gasteiger partial charge < -0.3 is 14.7 Å². The van der Waals surface area contributed by atoms with Gasteiger partial charge in [0.2, 0.25) is 17.7 Å². The van der Waals surface area contributed by atoms with Crippen LogP contribution in [0.3, 0.4) is 0 Å². The Bertz CT molecular complexity index is 2420. The fourth-order valence-electron chi connectivity index (χ4n) is 7.86. The molecule has 12 nitrogen and oxygen atoms in total. The third-order valence-corrected chi connectivity index (χ3v) is 11.4. The zero-order valence-electron chi connectivity index (χ0n) is 32.9. The Morgan fingerprint density at radius 3 is 2.35 bits per heavy atom. The lowest BCUT2D eigenvalue weighted by molar-refractivity contribution is -0.134. The van der Waals surface area contributed by atoms with E-state index < -0.39 is 0 Å². The summed E-state index contributed by atoms with van der Waals surface area (Å²) < 4.78 is 5.27. The normalized spacial score (nSPS) is 16.9. The number of hydrogen-bond donors (Lipinski definition) is 3. The van der Waals surface area contributed by atoms with Crippen molar-refractivity contribution in [3.05, 3.63) is 119 Å². The first-order valence-corrected chi connectivity index (χ1v) is 19.8. The maximum Gasteiger partial charge on any atom is 0.292 e. The second kappa shape index (κ2) is 15.9. The minimum atomic E-state index is -0.380. The van der Waals surface area contributed by atoms with Crippen molar-refractivity contribution in [1.29, 1.82) is 0 Å². The number of pyridine rings is 1. The highest BCUT2D eigenvalue weighted by atomic mass is 16.5. The fourth-order valence-corrected chi connectivity index (χ4v) is 7.86. The van der Waals surface area contributed by atoms with Gasteiger partial charge >= 0.3 is 0 Å². The highest BCUT2D eigenvalue weighted by Gasteiger charge is 2.29. The van der Waals surface area contributed by atoms with Crippen molar-refractivity contribution in [2.24, 2.45) is 0 Å². The summed E-state index contributed by atoms with van der Waals surface area (Å²) in [5.74, 6) is -0.00676. The van der Waals surface area contributed by atoms with Gasteiger partial charge in [0.25, 0.3) is 11.7 Å². The molecule has 3 amide bonds. The van der Waals surface area contributed by atoms with Crippen LogP contribution in [0.1, 0.15) is 103 Å².